The minimum Gasteiger partial charge on any atom is -0.339 e. The second kappa shape index (κ2) is 5.55. The Hall–Kier alpha value is -1.64. The molecule has 3 heteroatoms. The van der Waals surface area contributed by atoms with Crippen LogP contribution in [0, 0.1) is 5.92 Å². The van der Waals surface area contributed by atoms with Crippen LogP contribution in [-0.4, -0.2) is 10.1 Å². The van der Waals surface area contributed by atoms with Crippen LogP contribution in [0.25, 0.3) is 11.4 Å². The minimum atomic E-state index is 0.466. The second-order valence-corrected chi connectivity index (χ2v) is 5.45. The lowest BCUT2D eigenvalue weighted by molar-refractivity contribution is 0.267. The van der Waals surface area contributed by atoms with Crippen molar-refractivity contribution in [2.24, 2.45) is 5.92 Å². The number of rotatable bonds is 3. The first kappa shape index (κ1) is 12.4. The normalized spacial score (nSPS) is 23.4. The number of aromatic nitrogens is 2. The highest BCUT2D eigenvalue weighted by molar-refractivity contribution is 5.53. The molecule has 0 aliphatic heterocycles. The van der Waals surface area contributed by atoms with Crippen LogP contribution in [0.5, 0.6) is 0 Å². The Morgan fingerprint density at radius 1 is 1.11 bits per heavy atom. The van der Waals surface area contributed by atoms with Gasteiger partial charge in [-0.3, -0.25) is 0 Å². The fraction of sp³-hybridized carbons (Fsp3) is 0.500. The first-order valence-corrected chi connectivity index (χ1v) is 7.26. The Balaban J connectivity index is 1.72. The molecular weight excluding hydrogens is 236 g/mol. The van der Waals surface area contributed by atoms with Crippen molar-refractivity contribution in [1.82, 2.24) is 10.1 Å². The molecule has 1 fully saturated rings. The Labute approximate surface area is 114 Å². The second-order valence-electron chi connectivity index (χ2n) is 5.45. The molecule has 1 aromatic carbocycles. The summed E-state index contributed by atoms with van der Waals surface area (Å²) in [4.78, 5) is 4.58. The third kappa shape index (κ3) is 2.70. The van der Waals surface area contributed by atoms with E-state index in [1.165, 1.54) is 32.1 Å². The van der Waals surface area contributed by atoms with Crippen molar-refractivity contribution < 1.29 is 4.52 Å². The van der Waals surface area contributed by atoms with Gasteiger partial charge in [-0.05, 0) is 31.6 Å². The summed E-state index contributed by atoms with van der Waals surface area (Å²) in [5.74, 6) is 2.90. The first-order chi connectivity index (χ1) is 9.36. The molecule has 1 heterocycles. The number of nitrogens with zero attached hydrogens (tertiary/aromatic N) is 2. The lowest BCUT2D eigenvalue weighted by Gasteiger charge is -2.25. The molecule has 1 saturated carbocycles. The Bertz CT molecular complexity index is 513. The monoisotopic (exact) mass is 256 g/mol. The molecule has 1 aliphatic rings. The first-order valence-electron chi connectivity index (χ1n) is 7.26. The van der Waals surface area contributed by atoms with E-state index in [1.54, 1.807) is 0 Å². The van der Waals surface area contributed by atoms with Crippen molar-refractivity contribution in [3.8, 4) is 11.4 Å². The summed E-state index contributed by atoms with van der Waals surface area (Å²) >= 11 is 0. The average Bonchev–Trinajstić information content (AvgIpc) is 2.98. The van der Waals surface area contributed by atoms with Gasteiger partial charge in [-0.15, -0.1) is 0 Å². The van der Waals surface area contributed by atoms with E-state index in [4.69, 9.17) is 4.52 Å². The van der Waals surface area contributed by atoms with Gasteiger partial charge in [0.1, 0.15) is 0 Å². The highest BCUT2D eigenvalue weighted by Gasteiger charge is 2.25. The summed E-state index contributed by atoms with van der Waals surface area (Å²) in [6.45, 7) is 2.28. The molecule has 1 aliphatic carbocycles. The van der Waals surface area contributed by atoms with Gasteiger partial charge in [0, 0.05) is 11.5 Å². The minimum absolute atomic E-state index is 0.466. The maximum Gasteiger partial charge on any atom is 0.230 e. The van der Waals surface area contributed by atoms with Crippen LogP contribution >= 0.6 is 0 Å². The SMILES string of the molecule is CCC1CCC(c2nc(-c3ccccc3)no2)CC1. The van der Waals surface area contributed by atoms with E-state index in [0.29, 0.717) is 11.7 Å². The van der Waals surface area contributed by atoms with Crippen LogP contribution in [0.15, 0.2) is 34.9 Å². The summed E-state index contributed by atoms with van der Waals surface area (Å²) < 4.78 is 5.47. The smallest absolute Gasteiger partial charge is 0.230 e. The predicted molar refractivity (Wildman–Crippen MR) is 74.7 cm³/mol. The van der Waals surface area contributed by atoms with Crippen LogP contribution in [-0.2, 0) is 0 Å². The van der Waals surface area contributed by atoms with Crippen molar-refractivity contribution in [1.29, 1.82) is 0 Å². The van der Waals surface area contributed by atoms with Crippen LogP contribution in [0.1, 0.15) is 50.8 Å². The molecule has 0 unspecified atom stereocenters. The Morgan fingerprint density at radius 2 is 1.84 bits per heavy atom. The average molecular weight is 256 g/mol. The lowest BCUT2D eigenvalue weighted by Crippen LogP contribution is -2.12. The van der Waals surface area contributed by atoms with Gasteiger partial charge in [-0.1, -0.05) is 48.8 Å². The quantitative estimate of drug-likeness (QED) is 0.816. The van der Waals surface area contributed by atoms with Gasteiger partial charge in [-0.2, -0.15) is 4.98 Å². The Morgan fingerprint density at radius 3 is 2.53 bits per heavy atom. The molecule has 0 bridgehead atoms. The van der Waals surface area contributed by atoms with Gasteiger partial charge < -0.3 is 4.52 Å². The number of benzene rings is 1. The van der Waals surface area contributed by atoms with Gasteiger partial charge in [0.15, 0.2) is 0 Å². The van der Waals surface area contributed by atoms with Crippen molar-refractivity contribution in [3.63, 3.8) is 0 Å². The van der Waals surface area contributed by atoms with Crippen molar-refractivity contribution in [2.75, 3.05) is 0 Å². The molecule has 1 aromatic heterocycles. The van der Waals surface area contributed by atoms with Crippen LogP contribution in [0.3, 0.4) is 0 Å². The topological polar surface area (TPSA) is 38.9 Å². The molecule has 19 heavy (non-hydrogen) atoms. The molecule has 2 aromatic rings. The largest absolute Gasteiger partial charge is 0.339 e. The molecule has 0 N–H and O–H groups in total. The molecule has 0 radical (unpaired) electrons. The van der Waals surface area contributed by atoms with Crippen LogP contribution in [0.2, 0.25) is 0 Å². The molecule has 0 amide bonds. The van der Waals surface area contributed by atoms with E-state index in [-0.39, 0.29) is 0 Å². The number of hydrogen-bond acceptors (Lipinski definition) is 3. The van der Waals surface area contributed by atoms with Crippen molar-refractivity contribution in [3.05, 3.63) is 36.2 Å². The zero-order chi connectivity index (χ0) is 13.1. The summed E-state index contributed by atoms with van der Waals surface area (Å²) in [5.41, 5.74) is 1.03. The highest BCUT2D eigenvalue weighted by Crippen LogP contribution is 2.36. The van der Waals surface area contributed by atoms with E-state index in [0.717, 1.165) is 17.4 Å². The third-order valence-corrected chi connectivity index (χ3v) is 4.25. The predicted octanol–water partition coefficient (Wildman–Crippen LogP) is 4.42. The fourth-order valence-electron chi connectivity index (χ4n) is 2.92. The summed E-state index contributed by atoms with van der Waals surface area (Å²) in [7, 11) is 0. The summed E-state index contributed by atoms with van der Waals surface area (Å²) in [6, 6.07) is 10.0. The van der Waals surface area contributed by atoms with Crippen LogP contribution in [0.4, 0.5) is 0 Å². The van der Waals surface area contributed by atoms with E-state index in [2.05, 4.69) is 17.1 Å². The van der Waals surface area contributed by atoms with Crippen molar-refractivity contribution in [2.45, 2.75) is 44.9 Å². The fourth-order valence-corrected chi connectivity index (χ4v) is 2.92. The molecular formula is C16H20N2O. The molecule has 3 nitrogen and oxygen atoms in total. The molecule has 0 atom stereocenters. The van der Waals surface area contributed by atoms with Crippen molar-refractivity contribution >= 4 is 0 Å². The highest BCUT2D eigenvalue weighted by atomic mass is 16.5. The van der Waals surface area contributed by atoms with E-state index in [9.17, 15) is 0 Å². The van der Waals surface area contributed by atoms with Gasteiger partial charge in [0.2, 0.25) is 11.7 Å². The summed E-state index contributed by atoms with van der Waals surface area (Å²) in [6.07, 6.45) is 6.27. The molecule has 3 rings (SSSR count). The van der Waals surface area contributed by atoms with E-state index in [1.807, 2.05) is 30.3 Å². The van der Waals surface area contributed by atoms with Gasteiger partial charge in [0.25, 0.3) is 0 Å². The molecule has 0 saturated heterocycles. The van der Waals surface area contributed by atoms with Gasteiger partial charge in [0.05, 0.1) is 0 Å². The molecule has 0 spiro atoms. The van der Waals surface area contributed by atoms with Gasteiger partial charge >= 0.3 is 0 Å². The zero-order valence-corrected chi connectivity index (χ0v) is 11.4. The standard InChI is InChI=1S/C16H20N2O/c1-2-12-8-10-14(11-9-12)16-17-15(18-19-16)13-6-4-3-5-7-13/h3-7,12,14H,2,8-11H2,1H3. The van der Waals surface area contributed by atoms with E-state index >= 15 is 0 Å². The summed E-state index contributed by atoms with van der Waals surface area (Å²) in [5, 5.41) is 4.11. The maximum absolute atomic E-state index is 5.47. The maximum atomic E-state index is 5.47. The van der Waals surface area contributed by atoms with Gasteiger partial charge in [-0.25, -0.2) is 0 Å². The third-order valence-electron chi connectivity index (χ3n) is 4.25. The van der Waals surface area contributed by atoms with E-state index < -0.39 is 0 Å². The zero-order valence-electron chi connectivity index (χ0n) is 11.4. The van der Waals surface area contributed by atoms with Crippen LogP contribution < -0.4 is 0 Å². The lowest BCUT2D eigenvalue weighted by atomic mass is 9.81. The number of hydrogen-bond donors (Lipinski definition) is 0. The molecule has 100 valence electrons. The Kier molecular flexibility index (Phi) is 3.62.